The number of hydrogen-bond acceptors (Lipinski definition) is 6. The monoisotopic (exact) mass is 260 g/mol. The largest absolute Gasteiger partial charge is 1.00 e. The number of nitrogens with one attached hydrogen (secondary N) is 1. The molecule has 0 unspecified atom stereocenters. The number of carboxylic acid groups (broad SMARTS) is 1. The molecule has 2 aromatic heterocycles. The number of aromatic nitrogens is 1. The second-order valence-electron chi connectivity index (χ2n) is 3.10. The third kappa shape index (κ3) is 4.25. The van der Waals surface area contributed by atoms with Crippen LogP contribution in [0.3, 0.4) is 0 Å². The van der Waals surface area contributed by atoms with Gasteiger partial charge in [-0.1, -0.05) is 0 Å². The maximum atomic E-state index is 10.2. The van der Waals surface area contributed by atoms with Gasteiger partial charge in [0.05, 0.1) is 17.9 Å². The number of hydrogen-bond donors (Lipinski definition) is 1. The first-order valence-corrected chi connectivity index (χ1v) is 5.52. The van der Waals surface area contributed by atoms with E-state index >= 15 is 0 Å². The van der Waals surface area contributed by atoms with Gasteiger partial charge in [0.2, 0.25) is 0 Å². The zero-order valence-corrected chi connectivity index (χ0v) is 12.1. The Labute approximate surface area is 124 Å². The zero-order chi connectivity index (χ0) is 11.4. The van der Waals surface area contributed by atoms with Crippen LogP contribution < -0.4 is 40.0 Å². The number of aliphatic carboxylic acids is 1. The average Bonchev–Trinajstić information content (AvgIpc) is 2.85. The number of carboxylic acids is 1. The molecule has 5 nitrogen and oxygen atoms in total. The molecule has 17 heavy (non-hydrogen) atoms. The van der Waals surface area contributed by atoms with E-state index in [1.807, 2.05) is 11.4 Å². The van der Waals surface area contributed by atoms with Gasteiger partial charge in [0.1, 0.15) is 0 Å². The first-order valence-electron chi connectivity index (χ1n) is 4.64. The molecule has 0 aliphatic carbocycles. The fraction of sp³-hybridized carbons (Fsp3) is 0.200. The molecule has 0 saturated carbocycles. The summed E-state index contributed by atoms with van der Waals surface area (Å²) in [5.74, 6) is -0.405. The number of nitrogens with zero attached hydrogens (tertiary/aromatic N) is 1. The molecule has 0 aromatic carbocycles. The fourth-order valence-electron chi connectivity index (χ4n) is 1.19. The Morgan fingerprint density at radius 2 is 2.41 bits per heavy atom. The van der Waals surface area contributed by atoms with Gasteiger partial charge in [-0.3, -0.25) is 0 Å². The number of rotatable bonds is 5. The molecule has 0 aliphatic rings. The van der Waals surface area contributed by atoms with Gasteiger partial charge in [-0.25, -0.2) is 4.98 Å². The number of carbonyl (C=O) groups excluding carboxylic acids is 1. The average molecular weight is 260 g/mol. The van der Waals surface area contributed by atoms with E-state index in [-0.39, 0.29) is 36.1 Å². The third-order valence-electron chi connectivity index (χ3n) is 1.86. The summed E-state index contributed by atoms with van der Waals surface area (Å²) in [6.45, 7) is 0.235. The molecule has 0 saturated heterocycles. The molecular weight excluding hydrogens is 251 g/mol. The molecule has 0 spiro atoms. The van der Waals surface area contributed by atoms with Crippen molar-refractivity contribution in [2.24, 2.45) is 0 Å². The normalized spacial score (nSPS) is 9.88. The molecule has 0 atom stereocenters. The maximum absolute atomic E-state index is 10.2. The van der Waals surface area contributed by atoms with E-state index in [2.05, 4.69) is 10.3 Å². The van der Waals surface area contributed by atoms with Gasteiger partial charge in [-0.2, -0.15) is 0 Å². The Balaban J connectivity index is 0.00000144. The van der Waals surface area contributed by atoms with Crippen LogP contribution in [-0.2, 0) is 11.3 Å². The zero-order valence-electron chi connectivity index (χ0n) is 9.30. The van der Waals surface area contributed by atoms with Crippen molar-refractivity contribution in [2.45, 2.75) is 6.54 Å². The van der Waals surface area contributed by atoms with Gasteiger partial charge in [-0.15, -0.1) is 11.3 Å². The molecule has 0 aliphatic heterocycles. The summed E-state index contributed by atoms with van der Waals surface area (Å²) in [5, 5.41) is 15.5. The predicted octanol–water partition coefficient (Wildman–Crippen LogP) is -2.75. The van der Waals surface area contributed by atoms with Crippen LogP contribution in [0, 0.1) is 0 Å². The first kappa shape index (κ1) is 14.4. The van der Waals surface area contributed by atoms with Crippen LogP contribution in [0.5, 0.6) is 0 Å². The van der Waals surface area contributed by atoms with Gasteiger partial charge in [0.25, 0.3) is 0 Å². The number of thiazole rings is 1. The topological polar surface area (TPSA) is 78.2 Å². The van der Waals surface area contributed by atoms with Gasteiger partial charge >= 0.3 is 29.6 Å². The minimum Gasteiger partial charge on any atom is -0.549 e. The van der Waals surface area contributed by atoms with E-state index in [1.54, 1.807) is 12.3 Å². The molecule has 0 radical (unpaired) electrons. The summed E-state index contributed by atoms with van der Waals surface area (Å²) >= 11 is 1.46. The Bertz CT molecular complexity index is 470. The van der Waals surface area contributed by atoms with Crippen molar-refractivity contribution in [1.82, 2.24) is 10.3 Å². The fourth-order valence-corrected chi connectivity index (χ4v) is 1.98. The smallest absolute Gasteiger partial charge is 0.549 e. The van der Waals surface area contributed by atoms with Crippen LogP contribution in [0.2, 0.25) is 0 Å². The van der Waals surface area contributed by atoms with Gasteiger partial charge in [0.15, 0.2) is 10.8 Å². The van der Waals surface area contributed by atoms with E-state index in [4.69, 9.17) is 4.42 Å². The van der Waals surface area contributed by atoms with Crippen molar-refractivity contribution in [3.63, 3.8) is 0 Å². The quantitative estimate of drug-likeness (QED) is 0.590. The summed E-state index contributed by atoms with van der Waals surface area (Å²) in [6, 6.07) is 3.63. The van der Waals surface area contributed by atoms with Crippen LogP contribution in [-0.4, -0.2) is 17.5 Å². The van der Waals surface area contributed by atoms with Crippen LogP contribution in [0.25, 0.3) is 10.8 Å². The minimum absolute atomic E-state index is 0. The summed E-state index contributed by atoms with van der Waals surface area (Å²) in [5.41, 5.74) is 0.789. The van der Waals surface area contributed by atoms with Crippen molar-refractivity contribution < 1.29 is 43.9 Å². The SMILES string of the molecule is O=C([O-])CNCc1csc(-c2ccco2)n1.[Na+]. The molecular formula is C10H9N2NaO3S. The van der Waals surface area contributed by atoms with Gasteiger partial charge in [-0.05, 0) is 12.1 Å². The summed E-state index contributed by atoms with van der Waals surface area (Å²) in [4.78, 5) is 14.5. The molecule has 2 aromatic rings. The standard InChI is InChI=1S/C10H10N2O3S.Na/c13-9(14)5-11-4-7-6-16-10(12-7)8-2-1-3-15-8;/h1-3,6,11H,4-5H2,(H,13,14);/q;+1/p-1. The van der Waals surface area contributed by atoms with Crippen molar-refractivity contribution in [3.8, 4) is 10.8 Å². The Kier molecular flexibility index (Phi) is 5.87. The van der Waals surface area contributed by atoms with E-state index in [0.717, 1.165) is 16.5 Å². The molecule has 0 fully saturated rings. The number of furan rings is 1. The van der Waals surface area contributed by atoms with E-state index in [0.29, 0.717) is 6.54 Å². The Morgan fingerprint density at radius 1 is 1.59 bits per heavy atom. The minimum atomic E-state index is -1.12. The third-order valence-corrected chi connectivity index (χ3v) is 2.76. The van der Waals surface area contributed by atoms with Crippen molar-refractivity contribution in [2.75, 3.05) is 6.54 Å². The van der Waals surface area contributed by atoms with E-state index < -0.39 is 5.97 Å². The molecule has 0 bridgehead atoms. The van der Waals surface area contributed by atoms with Gasteiger partial charge < -0.3 is 19.6 Å². The number of carbonyl (C=O) groups is 1. The van der Waals surface area contributed by atoms with E-state index in [9.17, 15) is 9.90 Å². The van der Waals surface area contributed by atoms with Crippen LogP contribution >= 0.6 is 11.3 Å². The van der Waals surface area contributed by atoms with Crippen molar-refractivity contribution in [3.05, 3.63) is 29.5 Å². The molecule has 7 heteroatoms. The van der Waals surface area contributed by atoms with Crippen LogP contribution in [0.4, 0.5) is 0 Å². The Hall–Kier alpha value is -0.660. The Morgan fingerprint density at radius 3 is 3.06 bits per heavy atom. The molecule has 1 N–H and O–H groups in total. The van der Waals surface area contributed by atoms with E-state index in [1.165, 1.54) is 11.3 Å². The maximum Gasteiger partial charge on any atom is 1.00 e. The van der Waals surface area contributed by atoms with Crippen LogP contribution in [0.15, 0.2) is 28.2 Å². The second-order valence-corrected chi connectivity index (χ2v) is 3.95. The summed E-state index contributed by atoms with van der Waals surface area (Å²) < 4.78 is 5.20. The van der Waals surface area contributed by atoms with Crippen molar-refractivity contribution >= 4 is 17.3 Å². The first-order chi connectivity index (χ1) is 7.75. The molecule has 84 valence electrons. The summed E-state index contributed by atoms with van der Waals surface area (Å²) in [6.07, 6.45) is 1.59. The van der Waals surface area contributed by atoms with Gasteiger partial charge in [0, 0.05) is 18.5 Å². The molecule has 2 rings (SSSR count). The summed E-state index contributed by atoms with van der Waals surface area (Å²) in [7, 11) is 0. The van der Waals surface area contributed by atoms with Crippen molar-refractivity contribution in [1.29, 1.82) is 0 Å². The predicted molar refractivity (Wildman–Crippen MR) is 56.5 cm³/mol. The van der Waals surface area contributed by atoms with Crippen LogP contribution in [0.1, 0.15) is 5.69 Å². The molecule has 2 heterocycles. The molecule has 0 amide bonds. The second kappa shape index (κ2) is 6.93.